The number of benzene rings is 1. The molecule has 0 radical (unpaired) electrons. The molecule has 3 rings (SSSR count). The summed E-state index contributed by atoms with van der Waals surface area (Å²) in [5.41, 5.74) is 0.494. The van der Waals surface area contributed by atoms with Crippen LogP contribution in [0.5, 0.6) is 0 Å². The Labute approximate surface area is 150 Å². The molecule has 1 aromatic heterocycles. The molecule has 2 aromatic rings. The molecule has 8 heteroatoms. The van der Waals surface area contributed by atoms with Crippen molar-refractivity contribution in [2.75, 3.05) is 23.3 Å². The molecular weight excluding hydrogens is 341 g/mol. The number of halogens is 1. The highest BCUT2D eigenvalue weighted by molar-refractivity contribution is 7.09. The van der Waals surface area contributed by atoms with E-state index in [4.69, 9.17) is 0 Å². The largest absolute Gasteiger partial charge is 0.345 e. The number of hydrogen-bond donors (Lipinski definition) is 2. The maximum Gasteiger partial charge on any atom is 0.319 e. The van der Waals surface area contributed by atoms with Crippen molar-refractivity contribution < 1.29 is 9.18 Å². The van der Waals surface area contributed by atoms with E-state index in [-0.39, 0.29) is 23.3 Å². The molecule has 1 aromatic carbocycles. The van der Waals surface area contributed by atoms with E-state index in [0.717, 1.165) is 23.9 Å². The lowest BCUT2D eigenvalue weighted by Gasteiger charge is -2.16. The molecule has 2 N–H and O–H groups in total. The first-order valence-corrected chi connectivity index (χ1v) is 9.01. The monoisotopic (exact) mass is 363 g/mol. The van der Waals surface area contributed by atoms with E-state index in [1.807, 2.05) is 0 Å². The molecule has 1 saturated heterocycles. The van der Waals surface area contributed by atoms with Crippen LogP contribution in [-0.2, 0) is 5.41 Å². The number of rotatable bonds is 3. The highest BCUT2D eigenvalue weighted by Crippen LogP contribution is 2.27. The zero-order chi connectivity index (χ0) is 18.0. The third-order valence-electron chi connectivity index (χ3n) is 3.98. The molecule has 1 aliphatic heterocycles. The van der Waals surface area contributed by atoms with Crippen LogP contribution in [0.25, 0.3) is 0 Å². The Hall–Kier alpha value is -2.22. The number of nitrogens with zero attached hydrogens (tertiary/aromatic N) is 3. The van der Waals surface area contributed by atoms with Crippen LogP contribution in [-0.4, -0.2) is 34.5 Å². The average Bonchev–Trinajstić information content (AvgIpc) is 3.17. The van der Waals surface area contributed by atoms with Gasteiger partial charge in [-0.25, -0.2) is 14.2 Å². The van der Waals surface area contributed by atoms with Gasteiger partial charge in [-0.1, -0.05) is 20.8 Å². The molecular formula is C17H22FN5OS. The predicted octanol–water partition coefficient (Wildman–Crippen LogP) is 3.38. The summed E-state index contributed by atoms with van der Waals surface area (Å²) in [6.07, 6.45) is 0.848. The minimum atomic E-state index is -0.330. The lowest BCUT2D eigenvalue weighted by molar-refractivity contribution is 0.249. The molecule has 1 fully saturated rings. The van der Waals surface area contributed by atoms with Gasteiger partial charge in [-0.05, 0) is 30.7 Å². The van der Waals surface area contributed by atoms with Crippen LogP contribution < -0.4 is 15.5 Å². The zero-order valence-electron chi connectivity index (χ0n) is 14.5. The maximum absolute atomic E-state index is 12.9. The number of carbonyl (C=O) groups is 1. The van der Waals surface area contributed by atoms with E-state index in [0.29, 0.717) is 12.2 Å². The number of anilines is 2. The highest BCUT2D eigenvalue weighted by atomic mass is 32.1. The van der Waals surface area contributed by atoms with Crippen molar-refractivity contribution in [3.8, 4) is 0 Å². The Morgan fingerprint density at radius 1 is 1.32 bits per heavy atom. The van der Waals surface area contributed by atoms with Gasteiger partial charge in [0, 0.05) is 41.8 Å². The van der Waals surface area contributed by atoms with E-state index in [1.54, 1.807) is 0 Å². The van der Waals surface area contributed by atoms with Gasteiger partial charge in [0.2, 0.25) is 5.13 Å². The molecule has 6 nitrogen and oxygen atoms in total. The van der Waals surface area contributed by atoms with Crippen LogP contribution in [0.3, 0.4) is 0 Å². The van der Waals surface area contributed by atoms with E-state index in [1.165, 1.54) is 35.8 Å². The normalized spacial score (nSPS) is 17.6. The lowest BCUT2D eigenvalue weighted by Crippen LogP contribution is -2.39. The van der Waals surface area contributed by atoms with Crippen LogP contribution in [0.2, 0.25) is 0 Å². The summed E-state index contributed by atoms with van der Waals surface area (Å²) in [4.78, 5) is 18.8. The van der Waals surface area contributed by atoms with Crippen molar-refractivity contribution >= 4 is 28.4 Å². The number of carbonyl (C=O) groups excluding carboxylic acids is 1. The predicted molar refractivity (Wildman–Crippen MR) is 97.8 cm³/mol. The summed E-state index contributed by atoms with van der Waals surface area (Å²) in [7, 11) is 0. The summed E-state index contributed by atoms with van der Waals surface area (Å²) in [5.74, 6) is 0.516. The van der Waals surface area contributed by atoms with Gasteiger partial charge < -0.3 is 15.5 Å². The van der Waals surface area contributed by atoms with Crippen LogP contribution in [0.1, 0.15) is 33.0 Å². The second kappa shape index (κ2) is 6.95. The highest BCUT2D eigenvalue weighted by Gasteiger charge is 2.28. The SMILES string of the molecule is CC(C)(C)c1nsc(N2CCC(NC(=O)Nc3ccc(F)cc3)C2)n1. The second-order valence-electron chi connectivity index (χ2n) is 7.19. The van der Waals surface area contributed by atoms with Gasteiger partial charge in [0.15, 0.2) is 0 Å². The molecule has 134 valence electrons. The summed E-state index contributed by atoms with van der Waals surface area (Å²) < 4.78 is 17.3. The molecule has 2 amide bonds. The van der Waals surface area contributed by atoms with E-state index >= 15 is 0 Å². The van der Waals surface area contributed by atoms with E-state index in [9.17, 15) is 9.18 Å². The Balaban J connectivity index is 1.53. The number of amides is 2. The van der Waals surface area contributed by atoms with Crippen LogP contribution in [0.15, 0.2) is 24.3 Å². The van der Waals surface area contributed by atoms with Crippen LogP contribution in [0.4, 0.5) is 20.0 Å². The summed E-state index contributed by atoms with van der Waals surface area (Å²) in [5, 5.41) is 6.56. The van der Waals surface area contributed by atoms with Gasteiger partial charge in [0.25, 0.3) is 0 Å². The van der Waals surface area contributed by atoms with Crippen molar-refractivity contribution in [3.63, 3.8) is 0 Å². The first kappa shape index (κ1) is 17.6. The van der Waals surface area contributed by atoms with E-state index in [2.05, 4.69) is 45.7 Å². The van der Waals surface area contributed by atoms with Gasteiger partial charge in [-0.15, -0.1) is 0 Å². The Kier molecular flexibility index (Phi) is 4.89. The summed E-state index contributed by atoms with van der Waals surface area (Å²) in [6.45, 7) is 7.81. The quantitative estimate of drug-likeness (QED) is 0.877. The Morgan fingerprint density at radius 2 is 2.04 bits per heavy atom. The fraction of sp³-hybridized carbons (Fsp3) is 0.471. The van der Waals surface area contributed by atoms with Gasteiger partial charge in [0.05, 0.1) is 0 Å². The van der Waals surface area contributed by atoms with Gasteiger partial charge in [-0.3, -0.25) is 0 Å². The van der Waals surface area contributed by atoms with Crippen LogP contribution in [0, 0.1) is 5.82 Å². The fourth-order valence-electron chi connectivity index (χ4n) is 2.59. The minimum Gasteiger partial charge on any atom is -0.345 e. The first-order valence-electron chi connectivity index (χ1n) is 8.23. The van der Waals surface area contributed by atoms with Crippen molar-refractivity contribution in [3.05, 3.63) is 35.9 Å². The maximum atomic E-state index is 12.9. The van der Waals surface area contributed by atoms with Gasteiger partial charge in [-0.2, -0.15) is 4.37 Å². The minimum absolute atomic E-state index is 0.0439. The Bertz CT molecular complexity index is 740. The molecule has 2 heterocycles. The van der Waals surface area contributed by atoms with Crippen molar-refractivity contribution in [2.24, 2.45) is 0 Å². The standard InChI is InChI=1S/C17H22FN5OS/c1-17(2,3)14-21-16(25-22-14)23-9-8-13(10-23)20-15(24)19-12-6-4-11(18)5-7-12/h4-7,13H,8-10H2,1-3H3,(H2,19,20,24). The molecule has 1 unspecified atom stereocenters. The third-order valence-corrected chi connectivity index (χ3v) is 4.76. The first-order chi connectivity index (χ1) is 11.8. The molecule has 25 heavy (non-hydrogen) atoms. The van der Waals surface area contributed by atoms with E-state index < -0.39 is 0 Å². The third kappa shape index (κ3) is 4.45. The fourth-order valence-corrected chi connectivity index (χ4v) is 3.48. The molecule has 0 saturated carbocycles. The van der Waals surface area contributed by atoms with Crippen molar-refractivity contribution in [1.29, 1.82) is 0 Å². The van der Waals surface area contributed by atoms with Crippen molar-refractivity contribution in [1.82, 2.24) is 14.7 Å². The molecule has 1 aliphatic rings. The molecule has 1 atom stereocenters. The zero-order valence-corrected chi connectivity index (χ0v) is 15.4. The Morgan fingerprint density at radius 3 is 2.68 bits per heavy atom. The van der Waals surface area contributed by atoms with Crippen molar-refractivity contribution in [2.45, 2.75) is 38.6 Å². The number of hydrogen-bond acceptors (Lipinski definition) is 5. The number of nitrogens with one attached hydrogen (secondary N) is 2. The van der Waals surface area contributed by atoms with Crippen LogP contribution >= 0.6 is 11.5 Å². The molecule has 0 bridgehead atoms. The average molecular weight is 363 g/mol. The molecule has 0 aliphatic carbocycles. The number of urea groups is 1. The number of aromatic nitrogens is 2. The second-order valence-corrected chi connectivity index (χ2v) is 7.92. The summed E-state index contributed by atoms with van der Waals surface area (Å²) >= 11 is 1.40. The smallest absolute Gasteiger partial charge is 0.319 e. The topological polar surface area (TPSA) is 70.2 Å². The van der Waals surface area contributed by atoms with Gasteiger partial charge >= 0.3 is 6.03 Å². The molecule has 0 spiro atoms. The van der Waals surface area contributed by atoms with Gasteiger partial charge in [0.1, 0.15) is 11.6 Å². The summed E-state index contributed by atoms with van der Waals surface area (Å²) in [6, 6.07) is 5.45. The lowest BCUT2D eigenvalue weighted by atomic mass is 9.96.